The smallest absolute Gasteiger partial charge is 0.191 e. The Bertz CT molecular complexity index is 972. The fraction of sp³-hybridized carbons (Fsp3) is 0.360. The summed E-state index contributed by atoms with van der Waals surface area (Å²) in [6.45, 7) is 5.07. The summed E-state index contributed by atoms with van der Waals surface area (Å²) in [5.41, 5.74) is 3.43. The summed E-state index contributed by atoms with van der Waals surface area (Å²) in [4.78, 5) is 6.99. The van der Waals surface area contributed by atoms with Gasteiger partial charge in [-0.15, -0.1) is 24.0 Å². The largest absolute Gasteiger partial charge is 0.354 e. The van der Waals surface area contributed by atoms with E-state index in [1.165, 1.54) is 5.56 Å². The van der Waals surface area contributed by atoms with Crippen molar-refractivity contribution in [2.75, 3.05) is 13.6 Å². The van der Waals surface area contributed by atoms with Crippen molar-refractivity contribution < 1.29 is 0 Å². The number of aromatic nitrogens is 2. The molecule has 2 atom stereocenters. The average Bonchev–Trinajstić information content (AvgIpc) is 3.29. The van der Waals surface area contributed by atoms with E-state index in [-0.39, 0.29) is 24.0 Å². The van der Waals surface area contributed by atoms with Gasteiger partial charge in [-0.05, 0) is 43.5 Å². The summed E-state index contributed by atoms with van der Waals surface area (Å²) in [7, 11) is 1.83. The zero-order valence-electron chi connectivity index (χ0n) is 18.8. The molecule has 6 nitrogen and oxygen atoms in total. The van der Waals surface area contributed by atoms with E-state index in [0.29, 0.717) is 18.6 Å². The second kappa shape index (κ2) is 12.0. The number of likely N-dealkylation sites (tertiary alicyclic amines) is 1. The number of guanidine groups is 1. The zero-order valence-corrected chi connectivity index (χ0v) is 21.1. The van der Waals surface area contributed by atoms with Gasteiger partial charge in [0.05, 0.1) is 17.9 Å². The second-order valence-corrected chi connectivity index (χ2v) is 8.18. The van der Waals surface area contributed by atoms with Gasteiger partial charge in [-0.25, -0.2) is 4.68 Å². The van der Waals surface area contributed by atoms with Crippen LogP contribution < -0.4 is 10.6 Å². The van der Waals surface area contributed by atoms with Crippen LogP contribution in [0.1, 0.15) is 31.0 Å². The molecule has 2 heterocycles. The summed E-state index contributed by atoms with van der Waals surface area (Å²) < 4.78 is 1.90. The molecule has 2 aromatic carbocycles. The third kappa shape index (κ3) is 6.56. The van der Waals surface area contributed by atoms with E-state index in [0.717, 1.165) is 43.3 Å². The fourth-order valence-corrected chi connectivity index (χ4v) is 4.15. The van der Waals surface area contributed by atoms with Crippen molar-refractivity contribution in [3.8, 4) is 5.69 Å². The molecular formula is C25H33IN6. The van der Waals surface area contributed by atoms with Crippen molar-refractivity contribution in [2.24, 2.45) is 4.99 Å². The van der Waals surface area contributed by atoms with E-state index in [9.17, 15) is 0 Å². The van der Waals surface area contributed by atoms with E-state index in [2.05, 4.69) is 75.0 Å². The van der Waals surface area contributed by atoms with Gasteiger partial charge < -0.3 is 10.6 Å². The number of aliphatic imine (C=N–C) groups is 1. The summed E-state index contributed by atoms with van der Waals surface area (Å²) in [5, 5.41) is 11.7. The zero-order chi connectivity index (χ0) is 21.5. The van der Waals surface area contributed by atoms with Crippen molar-refractivity contribution >= 4 is 29.9 Å². The predicted molar refractivity (Wildman–Crippen MR) is 142 cm³/mol. The van der Waals surface area contributed by atoms with Crippen molar-refractivity contribution in [2.45, 2.75) is 44.9 Å². The van der Waals surface area contributed by atoms with Gasteiger partial charge in [-0.2, -0.15) is 5.10 Å². The number of piperidine rings is 1. The molecule has 0 spiro atoms. The maximum atomic E-state index is 4.66. The number of hydrogen-bond donors (Lipinski definition) is 2. The molecule has 170 valence electrons. The normalized spacial score (nSPS) is 19.2. The van der Waals surface area contributed by atoms with Gasteiger partial charge in [0.2, 0.25) is 0 Å². The minimum Gasteiger partial charge on any atom is -0.354 e. The Morgan fingerprint density at radius 3 is 2.47 bits per heavy atom. The standard InChI is InChI=1S/C25H32N6.HI/c1-20-17-22(13-15-30(20)19-21-9-5-3-6-10-21)28-25(26-2)27-18-23-14-16-31(29-23)24-11-7-4-8-12-24;/h3-12,14,16,20,22H,13,15,17-19H2,1-2H3,(H2,26,27,28);1H. The number of rotatable bonds is 6. The van der Waals surface area contributed by atoms with Crippen molar-refractivity contribution in [3.63, 3.8) is 0 Å². The van der Waals surface area contributed by atoms with Crippen LogP contribution in [0.4, 0.5) is 0 Å². The topological polar surface area (TPSA) is 57.5 Å². The van der Waals surface area contributed by atoms with Gasteiger partial charge >= 0.3 is 0 Å². The Morgan fingerprint density at radius 2 is 1.78 bits per heavy atom. The van der Waals surface area contributed by atoms with Crippen LogP contribution in [-0.2, 0) is 13.1 Å². The highest BCUT2D eigenvalue weighted by Crippen LogP contribution is 2.20. The second-order valence-electron chi connectivity index (χ2n) is 8.18. The van der Waals surface area contributed by atoms with Gasteiger partial charge in [-0.1, -0.05) is 48.5 Å². The molecule has 4 rings (SSSR count). The molecule has 0 aliphatic carbocycles. The lowest BCUT2D eigenvalue weighted by atomic mass is 9.97. The molecule has 1 aliphatic heterocycles. The third-order valence-electron chi connectivity index (χ3n) is 5.91. The SMILES string of the molecule is CN=C(NCc1ccn(-c2ccccc2)n1)NC1CCN(Cc2ccccc2)C(C)C1.I. The molecule has 0 amide bonds. The number of nitrogens with one attached hydrogen (secondary N) is 2. The highest BCUT2D eigenvalue weighted by Gasteiger charge is 2.26. The van der Waals surface area contributed by atoms with Gasteiger partial charge in [0, 0.05) is 38.4 Å². The highest BCUT2D eigenvalue weighted by molar-refractivity contribution is 14.0. The first kappa shape index (κ1) is 24.3. The minimum atomic E-state index is 0. The van der Waals surface area contributed by atoms with Gasteiger partial charge in [0.15, 0.2) is 5.96 Å². The van der Waals surface area contributed by atoms with Crippen LogP contribution in [0.15, 0.2) is 77.9 Å². The molecule has 0 bridgehead atoms. The Kier molecular flexibility index (Phi) is 9.11. The third-order valence-corrected chi connectivity index (χ3v) is 5.91. The van der Waals surface area contributed by atoms with E-state index in [4.69, 9.17) is 0 Å². The lowest BCUT2D eigenvalue weighted by Crippen LogP contribution is -2.51. The van der Waals surface area contributed by atoms with Crippen molar-refractivity contribution in [1.29, 1.82) is 0 Å². The summed E-state index contributed by atoms with van der Waals surface area (Å²) >= 11 is 0. The molecule has 3 aromatic rings. The van der Waals surface area contributed by atoms with Crippen LogP contribution in [-0.4, -0.2) is 46.3 Å². The van der Waals surface area contributed by atoms with E-state index >= 15 is 0 Å². The molecule has 1 aliphatic rings. The highest BCUT2D eigenvalue weighted by atomic mass is 127. The number of nitrogens with zero attached hydrogens (tertiary/aromatic N) is 4. The maximum absolute atomic E-state index is 4.66. The van der Waals surface area contributed by atoms with Gasteiger partial charge in [-0.3, -0.25) is 9.89 Å². The molecule has 1 aromatic heterocycles. The molecule has 0 saturated carbocycles. The number of hydrogen-bond acceptors (Lipinski definition) is 3. The van der Waals surface area contributed by atoms with Crippen LogP contribution in [0.25, 0.3) is 5.69 Å². The van der Waals surface area contributed by atoms with E-state index < -0.39 is 0 Å². The quantitative estimate of drug-likeness (QED) is 0.278. The molecule has 0 radical (unpaired) electrons. The molecular weight excluding hydrogens is 511 g/mol. The summed E-state index contributed by atoms with van der Waals surface area (Å²) in [6.07, 6.45) is 4.21. The molecule has 2 unspecified atom stereocenters. The molecule has 1 fully saturated rings. The molecule has 32 heavy (non-hydrogen) atoms. The minimum absolute atomic E-state index is 0. The van der Waals surface area contributed by atoms with Crippen molar-refractivity contribution in [1.82, 2.24) is 25.3 Å². The van der Waals surface area contributed by atoms with Crippen LogP contribution in [0.5, 0.6) is 0 Å². The number of halogens is 1. The van der Waals surface area contributed by atoms with Crippen LogP contribution in [0.3, 0.4) is 0 Å². The van der Waals surface area contributed by atoms with E-state index in [1.807, 2.05) is 42.2 Å². The molecule has 7 heteroatoms. The monoisotopic (exact) mass is 544 g/mol. The van der Waals surface area contributed by atoms with Crippen LogP contribution in [0, 0.1) is 0 Å². The first-order chi connectivity index (χ1) is 15.2. The summed E-state index contributed by atoms with van der Waals surface area (Å²) in [6, 6.07) is 23.9. The predicted octanol–water partition coefficient (Wildman–Crippen LogP) is 4.21. The average molecular weight is 544 g/mol. The number of benzene rings is 2. The number of para-hydroxylation sites is 1. The van der Waals surface area contributed by atoms with Crippen LogP contribution >= 0.6 is 24.0 Å². The first-order valence-corrected chi connectivity index (χ1v) is 11.1. The first-order valence-electron chi connectivity index (χ1n) is 11.1. The van der Waals surface area contributed by atoms with E-state index in [1.54, 1.807) is 0 Å². The maximum Gasteiger partial charge on any atom is 0.191 e. The lowest BCUT2D eigenvalue weighted by Gasteiger charge is -2.38. The van der Waals surface area contributed by atoms with Crippen molar-refractivity contribution in [3.05, 3.63) is 84.2 Å². The van der Waals surface area contributed by atoms with Crippen LogP contribution in [0.2, 0.25) is 0 Å². The molecule has 2 N–H and O–H groups in total. The Hall–Kier alpha value is -2.39. The lowest BCUT2D eigenvalue weighted by molar-refractivity contribution is 0.134. The Labute approximate surface area is 208 Å². The van der Waals surface area contributed by atoms with Gasteiger partial charge in [0.25, 0.3) is 0 Å². The fourth-order valence-electron chi connectivity index (χ4n) is 4.15. The molecule has 1 saturated heterocycles. The van der Waals surface area contributed by atoms with Gasteiger partial charge in [0.1, 0.15) is 0 Å². The Morgan fingerprint density at radius 1 is 1.06 bits per heavy atom. The summed E-state index contributed by atoms with van der Waals surface area (Å²) in [5.74, 6) is 0.836. The Balaban J connectivity index is 0.00000289.